The van der Waals surface area contributed by atoms with Crippen LogP contribution >= 0.6 is 7.60 Å². The highest BCUT2D eigenvalue weighted by Gasteiger charge is 2.11. The molecular formula is C14H15O4P. The molecular weight excluding hydrogens is 263 g/mol. The summed E-state index contributed by atoms with van der Waals surface area (Å²) >= 11 is 0. The number of hydrogen-bond donors (Lipinski definition) is 1. The molecule has 1 unspecified atom stereocenters. The van der Waals surface area contributed by atoms with Gasteiger partial charge in [-0.2, -0.15) is 0 Å². The Kier molecular flexibility index (Phi) is 4.25. The van der Waals surface area contributed by atoms with Gasteiger partial charge in [0.25, 0.3) is 0 Å². The van der Waals surface area contributed by atoms with Crippen LogP contribution in [-0.2, 0) is 11.2 Å². The van der Waals surface area contributed by atoms with Crippen LogP contribution in [-0.4, -0.2) is 11.6 Å². The van der Waals surface area contributed by atoms with E-state index in [-0.39, 0.29) is 0 Å². The molecule has 1 N–H and O–H groups in total. The summed E-state index contributed by atoms with van der Waals surface area (Å²) in [7, 11) is -3.51. The number of hydrogen-bond acceptors (Lipinski definition) is 3. The molecule has 19 heavy (non-hydrogen) atoms. The molecule has 0 saturated carbocycles. The number of benzene rings is 2. The molecule has 0 fully saturated rings. The molecule has 0 saturated heterocycles. The zero-order valence-corrected chi connectivity index (χ0v) is 11.4. The van der Waals surface area contributed by atoms with Gasteiger partial charge in [0, 0.05) is 6.66 Å². The lowest BCUT2D eigenvalue weighted by molar-refractivity contribution is 0.305. The summed E-state index contributed by atoms with van der Waals surface area (Å²) in [5.41, 5.74) is 1.08. The molecule has 0 aromatic heterocycles. The molecule has 0 bridgehead atoms. The maximum atomic E-state index is 11.1. The second-order valence-electron chi connectivity index (χ2n) is 4.14. The number of ether oxygens (including phenoxy) is 1. The van der Waals surface area contributed by atoms with Gasteiger partial charge in [0.1, 0.15) is 18.1 Å². The third kappa shape index (κ3) is 4.78. The van der Waals surface area contributed by atoms with Crippen molar-refractivity contribution in [3.63, 3.8) is 0 Å². The van der Waals surface area contributed by atoms with Gasteiger partial charge < -0.3 is 14.2 Å². The molecule has 100 valence electrons. The molecule has 1 atom stereocenters. The quantitative estimate of drug-likeness (QED) is 0.851. The van der Waals surface area contributed by atoms with Crippen LogP contribution in [0.3, 0.4) is 0 Å². The summed E-state index contributed by atoms with van der Waals surface area (Å²) in [6, 6.07) is 16.4. The fourth-order valence-electron chi connectivity index (χ4n) is 1.53. The molecule has 0 spiro atoms. The van der Waals surface area contributed by atoms with Crippen molar-refractivity contribution in [2.75, 3.05) is 6.66 Å². The highest BCUT2D eigenvalue weighted by Crippen LogP contribution is 2.38. The highest BCUT2D eigenvalue weighted by atomic mass is 31.2. The normalized spacial score (nSPS) is 13.6. The largest absolute Gasteiger partial charge is 0.489 e. The number of rotatable bonds is 5. The van der Waals surface area contributed by atoms with Crippen LogP contribution in [0.5, 0.6) is 11.5 Å². The Hall–Kier alpha value is -1.77. The smallest absolute Gasteiger partial charge is 0.373 e. The van der Waals surface area contributed by atoms with Crippen LogP contribution in [0.1, 0.15) is 5.56 Å². The highest BCUT2D eigenvalue weighted by molar-refractivity contribution is 7.52. The van der Waals surface area contributed by atoms with E-state index in [1.807, 2.05) is 30.3 Å². The van der Waals surface area contributed by atoms with Crippen LogP contribution in [0.2, 0.25) is 0 Å². The molecule has 2 rings (SSSR count). The van der Waals surface area contributed by atoms with Crippen molar-refractivity contribution in [3.8, 4) is 11.5 Å². The Labute approximate surface area is 112 Å². The summed E-state index contributed by atoms with van der Waals surface area (Å²) in [6.45, 7) is 1.63. The lowest BCUT2D eigenvalue weighted by Crippen LogP contribution is -1.95. The maximum Gasteiger partial charge on any atom is 0.373 e. The van der Waals surface area contributed by atoms with Crippen LogP contribution in [0.25, 0.3) is 0 Å². The first-order valence-electron chi connectivity index (χ1n) is 5.79. The topological polar surface area (TPSA) is 55.8 Å². The second-order valence-corrected chi connectivity index (χ2v) is 5.93. The zero-order chi connectivity index (χ0) is 13.7. The zero-order valence-electron chi connectivity index (χ0n) is 10.5. The van der Waals surface area contributed by atoms with Crippen molar-refractivity contribution >= 4 is 7.60 Å². The molecule has 0 radical (unpaired) electrons. The molecule has 0 aliphatic rings. The lowest BCUT2D eigenvalue weighted by atomic mass is 10.2. The van der Waals surface area contributed by atoms with E-state index in [1.54, 1.807) is 24.3 Å². The molecule has 0 heterocycles. The Bertz CT molecular complexity index is 560. The fourth-order valence-corrected chi connectivity index (χ4v) is 2.05. The average molecular weight is 278 g/mol. The van der Waals surface area contributed by atoms with Gasteiger partial charge in [-0.25, -0.2) is 4.57 Å². The standard InChI is InChI=1S/C14H15O4P/c1-19(15,16)18-14-9-7-13(8-10-14)17-11-12-5-3-2-4-6-12/h2-10H,11H2,1H3,(H,15,16). The van der Waals surface area contributed by atoms with E-state index in [2.05, 4.69) is 0 Å². The molecule has 2 aromatic rings. The van der Waals surface area contributed by atoms with E-state index in [0.29, 0.717) is 18.1 Å². The van der Waals surface area contributed by atoms with E-state index in [1.165, 1.54) is 0 Å². The fraction of sp³-hybridized carbons (Fsp3) is 0.143. The minimum Gasteiger partial charge on any atom is -0.489 e. The minimum atomic E-state index is -3.51. The summed E-state index contributed by atoms with van der Waals surface area (Å²) in [5, 5.41) is 0. The van der Waals surface area contributed by atoms with Crippen LogP contribution in [0.4, 0.5) is 0 Å². The SMILES string of the molecule is CP(=O)(O)Oc1ccc(OCc2ccccc2)cc1. The van der Waals surface area contributed by atoms with Gasteiger partial charge in [-0.15, -0.1) is 0 Å². The van der Waals surface area contributed by atoms with Crippen molar-refractivity contribution in [1.82, 2.24) is 0 Å². The lowest BCUT2D eigenvalue weighted by Gasteiger charge is -2.10. The molecule has 5 heteroatoms. The predicted molar refractivity (Wildman–Crippen MR) is 73.6 cm³/mol. The first kappa shape index (κ1) is 13.7. The van der Waals surface area contributed by atoms with Gasteiger partial charge in [0.15, 0.2) is 0 Å². The molecule has 4 nitrogen and oxygen atoms in total. The summed E-state index contributed by atoms with van der Waals surface area (Å²) in [4.78, 5) is 9.09. The van der Waals surface area contributed by atoms with E-state index in [0.717, 1.165) is 12.2 Å². The van der Waals surface area contributed by atoms with E-state index >= 15 is 0 Å². The van der Waals surface area contributed by atoms with Crippen molar-refractivity contribution in [2.24, 2.45) is 0 Å². The second kappa shape index (κ2) is 5.91. The van der Waals surface area contributed by atoms with E-state index in [4.69, 9.17) is 14.2 Å². The van der Waals surface area contributed by atoms with Crippen molar-refractivity contribution < 1.29 is 18.7 Å². The summed E-state index contributed by atoms with van der Waals surface area (Å²) < 4.78 is 21.5. The van der Waals surface area contributed by atoms with Crippen LogP contribution < -0.4 is 9.26 Å². The van der Waals surface area contributed by atoms with E-state index in [9.17, 15) is 4.57 Å². The molecule has 0 amide bonds. The van der Waals surface area contributed by atoms with Gasteiger partial charge in [0.2, 0.25) is 0 Å². The summed E-state index contributed by atoms with van der Waals surface area (Å²) in [6.07, 6.45) is 0. The Balaban J connectivity index is 1.94. The maximum absolute atomic E-state index is 11.1. The first-order chi connectivity index (χ1) is 9.03. The third-order valence-electron chi connectivity index (χ3n) is 2.35. The van der Waals surface area contributed by atoms with Crippen LogP contribution in [0, 0.1) is 0 Å². The van der Waals surface area contributed by atoms with Crippen molar-refractivity contribution in [1.29, 1.82) is 0 Å². The minimum absolute atomic E-state index is 0.348. The summed E-state index contributed by atoms with van der Waals surface area (Å²) in [5.74, 6) is 1.03. The Morgan fingerprint density at radius 3 is 2.16 bits per heavy atom. The van der Waals surface area contributed by atoms with Crippen LogP contribution in [0.15, 0.2) is 54.6 Å². The third-order valence-corrected chi connectivity index (χ3v) is 2.90. The van der Waals surface area contributed by atoms with Crippen molar-refractivity contribution in [3.05, 3.63) is 60.2 Å². The molecule has 0 aliphatic carbocycles. The van der Waals surface area contributed by atoms with Gasteiger partial charge in [-0.3, -0.25) is 0 Å². The monoisotopic (exact) mass is 278 g/mol. The predicted octanol–water partition coefficient (Wildman–Crippen LogP) is 3.46. The van der Waals surface area contributed by atoms with Gasteiger partial charge in [-0.1, -0.05) is 30.3 Å². The average Bonchev–Trinajstić information content (AvgIpc) is 2.37. The van der Waals surface area contributed by atoms with Gasteiger partial charge in [-0.05, 0) is 29.8 Å². The van der Waals surface area contributed by atoms with E-state index < -0.39 is 7.60 Å². The molecule has 2 aromatic carbocycles. The Morgan fingerprint density at radius 2 is 1.58 bits per heavy atom. The first-order valence-corrected chi connectivity index (χ1v) is 7.82. The van der Waals surface area contributed by atoms with Crippen molar-refractivity contribution in [2.45, 2.75) is 6.61 Å². The van der Waals surface area contributed by atoms with Gasteiger partial charge in [0.05, 0.1) is 0 Å². The van der Waals surface area contributed by atoms with Gasteiger partial charge >= 0.3 is 7.60 Å². The molecule has 0 aliphatic heterocycles. The Morgan fingerprint density at radius 1 is 1.00 bits per heavy atom.